The van der Waals surface area contributed by atoms with Crippen LogP contribution in [0.5, 0.6) is 0 Å². The van der Waals surface area contributed by atoms with Crippen molar-refractivity contribution in [1.82, 2.24) is 20.5 Å². The number of aryl methyl sites for hydroxylation is 1. The van der Waals surface area contributed by atoms with Gasteiger partial charge in [-0.05, 0) is 54.6 Å². The van der Waals surface area contributed by atoms with E-state index >= 15 is 0 Å². The third-order valence-electron chi connectivity index (χ3n) is 5.53. The molecule has 0 unspecified atom stereocenters. The predicted molar refractivity (Wildman–Crippen MR) is 129 cm³/mol. The van der Waals surface area contributed by atoms with Crippen molar-refractivity contribution in [2.75, 3.05) is 50.9 Å². The Morgan fingerprint density at radius 1 is 1.10 bits per heavy atom. The maximum Gasteiger partial charge on any atom is 0.191 e. The first-order valence-electron chi connectivity index (χ1n) is 10.6. The summed E-state index contributed by atoms with van der Waals surface area (Å²) < 4.78 is 0. The summed E-state index contributed by atoms with van der Waals surface area (Å²) in [6.07, 6.45) is 4.03. The van der Waals surface area contributed by atoms with Crippen LogP contribution in [-0.4, -0.2) is 61.9 Å². The third-order valence-corrected chi connectivity index (χ3v) is 6.35. The number of benzene rings is 1. The fraction of sp³-hybridized carbons (Fsp3) is 0.478. The number of pyridine rings is 1. The molecule has 0 saturated carbocycles. The standard InChI is InChI=1S/C23H34N6S/c1-5-28-10-12-29(13-11-28)22-15-19(8-9-25-22)16-26-23(24-3)27-17-20-7-6-18(2)14-21(20)30-4/h6-9,14-15H,5,10-13,16-17H2,1-4H3,(H2,24,26,27). The maximum absolute atomic E-state index is 4.59. The first-order chi connectivity index (χ1) is 14.6. The number of nitrogens with zero attached hydrogens (tertiary/aromatic N) is 4. The van der Waals surface area contributed by atoms with E-state index in [2.05, 4.69) is 80.8 Å². The predicted octanol–water partition coefficient (Wildman–Crippen LogP) is 3.12. The number of thioether (sulfide) groups is 1. The molecule has 1 fully saturated rings. The second-order valence-corrected chi connectivity index (χ2v) is 8.39. The number of nitrogens with one attached hydrogen (secondary N) is 2. The van der Waals surface area contributed by atoms with Gasteiger partial charge in [0.15, 0.2) is 5.96 Å². The summed E-state index contributed by atoms with van der Waals surface area (Å²) >= 11 is 1.78. The zero-order valence-electron chi connectivity index (χ0n) is 18.6. The molecule has 1 saturated heterocycles. The lowest BCUT2D eigenvalue weighted by atomic mass is 10.1. The Bertz CT molecular complexity index is 845. The van der Waals surface area contributed by atoms with Crippen LogP contribution in [0.2, 0.25) is 0 Å². The van der Waals surface area contributed by atoms with Crippen molar-refractivity contribution in [2.24, 2.45) is 4.99 Å². The molecular weight excluding hydrogens is 392 g/mol. The molecule has 2 heterocycles. The summed E-state index contributed by atoms with van der Waals surface area (Å²) in [6, 6.07) is 10.8. The Morgan fingerprint density at radius 3 is 2.57 bits per heavy atom. The van der Waals surface area contributed by atoms with Gasteiger partial charge in [-0.25, -0.2) is 4.98 Å². The van der Waals surface area contributed by atoms with Gasteiger partial charge >= 0.3 is 0 Å². The molecule has 0 atom stereocenters. The van der Waals surface area contributed by atoms with Crippen LogP contribution < -0.4 is 15.5 Å². The molecule has 2 N–H and O–H groups in total. The van der Waals surface area contributed by atoms with Crippen molar-refractivity contribution in [3.8, 4) is 0 Å². The quantitative estimate of drug-likeness (QED) is 0.403. The number of aliphatic imine (C=N–C) groups is 1. The van der Waals surface area contributed by atoms with Crippen LogP contribution in [-0.2, 0) is 13.1 Å². The van der Waals surface area contributed by atoms with E-state index in [1.807, 2.05) is 13.2 Å². The van der Waals surface area contributed by atoms with E-state index in [9.17, 15) is 0 Å². The highest BCUT2D eigenvalue weighted by atomic mass is 32.2. The third kappa shape index (κ3) is 6.12. The monoisotopic (exact) mass is 426 g/mol. The Morgan fingerprint density at radius 2 is 1.87 bits per heavy atom. The van der Waals surface area contributed by atoms with Crippen molar-refractivity contribution in [3.63, 3.8) is 0 Å². The van der Waals surface area contributed by atoms with Crippen LogP contribution in [0.3, 0.4) is 0 Å². The highest BCUT2D eigenvalue weighted by Crippen LogP contribution is 2.21. The van der Waals surface area contributed by atoms with Gasteiger partial charge in [0, 0.05) is 57.4 Å². The van der Waals surface area contributed by atoms with Gasteiger partial charge in [-0.15, -0.1) is 11.8 Å². The minimum absolute atomic E-state index is 0.716. The van der Waals surface area contributed by atoms with Gasteiger partial charge in [-0.2, -0.15) is 0 Å². The van der Waals surface area contributed by atoms with E-state index in [-0.39, 0.29) is 0 Å². The minimum atomic E-state index is 0.716. The summed E-state index contributed by atoms with van der Waals surface area (Å²) in [7, 11) is 1.81. The molecule has 1 aromatic carbocycles. The second kappa shape index (κ2) is 11.2. The zero-order chi connectivity index (χ0) is 21.3. The van der Waals surface area contributed by atoms with Crippen LogP contribution >= 0.6 is 11.8 Å². The number of rotatable bonds is 7. The average molecular weight is 427 g/mol. The van der Waals surface area contributed by atoms with Gasteiger partial charge in [-0.1, -0.05) is 19.1 Å². The molecule has 0 aliphatic carbocycles. The number of hydrogen-bond donors (Lipinski definition) is 2. The molecular formula is C23H34N6S. The van der Waals surface area contributed by atoms with E-state index in [1.165, 1.54) is 21.6 Å². The van der Waals surface area contributed by atoms with E-state index in [0.29, 0.717) is 6.54 Å². The Kier molecular flexibility index (Phi) is 8.39. The molecule has 1 aromatic heterocycles. The molecule has 30 heavy (non-hydrogen) atoms. The molecule has 3 rings (SSSR count). The molecule has 6 nitrogen and oxygen atoms in total. The highest BCUT2D eigenvalue weighted by Gasteiger charge is 2.16. The van der Waals surface area contributed by atoms with Gasteiger partial charge in [0.25, 0.3) is 0 Å². The topological polar surface area (TPSA) is 55.8 Å². The first kappa shape index (κ1) is 22.4. The molecule has 0 bridgehead atoms. The minimum Gasteiger partial charge on any atom is -0.354 e. The van der Waals surface area contributed by atoms with Crippen molar-refractivity contribution in [2.45, 2.75) is 31.8 Å². The van der Waals surface area contributed by atoms with Crippen molar-refractivity contribution in [1.29, 1.82) is 0 Å². The van der Waals surface area contributed by atoms with E-state index in [1.54, 1.807) is 11.8 Å². The lowest BCUT2D eigenvalue weighted by Crippen LogP contribution is -2.46. The van der Waals surface area contributed by atoms with E-state index < -0.39 is 0 Å². The van der Waals surface area contributed by atoms with Gasteiger partial charge in [-0.3, -0.25) is 4.99 Å². The number of likely N-dealkylation sites (N-methyl/N-ethyl adjacent to an activating group) is 1. The van der Waals surface area contributed by atoms with Crippen LogP contribution in [0, 0.1) is 6.92 Å². The molecule has 7 heteroatoms. The summed E-state index contributed by atoms with van der Waals surface area (Å²) in [4.78, 5) is 15.1. The zero-order valence-corrected chi connectivity index (χ0v) is 19.4. The van der Waals surface area contributed by atoms with Gasteiger partial charge in [0.1, 0.15) is 5.82 Å². The molecule has 0 radical (unpaired) electrons. The fourth-order valence-corrected chi connectivity index (χ4v) is 4.33. The molecule has 162 valence electrons. The second-order valence-electron chi connectivity index (χ2n) is 7.54. The summed E-state index contributed by atoms with van der Waals surface area (Å²) in [6.45, 7) is 11.2. The van der Waals surface area contributed by atoms with E-state index in [4.69, 9.17) is 0 Å². The highest BCUT2D eigenvalue weighted by molar-refractivity contribution is 7.98. The Hall–Kier alpha value is -2.25. The smallest absolute Gasteiger partial charge is 0.191 e. The number of hydrogen-bond acceptors (Lipinski definition) is 5. The van der Waals surface area contributed by atoms with Gasteiger partial charge in [0.2, 0.25) is 0 Å². The number of aromatic nitrogens is 1. The molecule has 2 aromatic rings. The Labute approximate surface area is 185 Å². The number of anilines is 1. The fourth-order valence-electron chi connectivity index (χ4n) is 3.62. The number of piperazine rings is 1. The van der Waals surface area contributed by atoms with Crippen LogP contribution in [0.25, 0.3) is 0 Å². The summed E-state index contributed by atoms with van der Waals surface area (Å²) in [5.41, 5.74) is 3.78. The lowest BCUT2D eigenvalue weighted by molar-refractivity contribution is 0.270. The van der Waals surface area contributed by atoms with Crippen LogP contribution in [0.4, 0.5) is 5.82 Å². The summed E-state index contributed by atoms with van der Waals surface area (Å²) in [5.74, 6) is 1.87. The largest absolute Gasteiger partial charge is 0.354 e. The number of guanidine groups is 1. The van der Waals surface area contributed by atoms with Crippen LogP contribution in [0.15, 0.2) is 46.4 Å². The van der Waals surface area contributed by atoms with Crippen molar-refractivity contribution in [3.05, 3.63) is 53.2 Å². The van der Waals surface area contributed by atoms with Crippen LogP contribution in [0.1, 0.15) is 23.6 Å². The van der Waals surface area contributed by atoms with Crippen molar-refractivity contribution >= 4 is 23.5 Å². The molecule has 1 aliphatic rings. The van der Waals surface area contributed by atoms with Gasteiger partial charge in [0.05, 0.1) is 0 Å². The lowest BCUT2D eigenvalue weighted by Gasteiger charge is -2.34. The van der Waals surface area contributed by atoms with Gasteiger partial charge < -0.3 is 20.4 Å². The Balaban J connectivity index is 1.54. The average Bonchev–Trinajstić information content (AvgIpc) is 2.80. The molecule has 1 aliphatic heterocycles. The molecule has 0 amide bonds. The van der Waals surface area contributed by atoms with Crippen molar-refractivity contribution < 1.29 is 0 Å². The van der Waals surface area contributed by atoms with E-state index in [0.717, 1.165) is 51.0 Å². The SMILES string of the molecule is CCN1CCN(c2cc(CNC(=NC)NCc3ccc(C)cc3SC)ccn2)CC1. The normalized spacial score (nSPS) is 15.3. The maximum atomic E-state index is 4.59. The molecule has 0 spiro atoms. The first-order valence-corrected chi connectivity index (χ1v) is 11.9. The summed E-state index contributed by atoms with van der Waals surface area (Å²) in [5, 5.41) is 6.86.